The van der Waals surface area contributed by atoms with Crippen molar-refractivity contribution in [2.24, 2.45) is 0 Å². The molecule has 1 aromatic carbocycles. The average Bonchev–Trinajstić information content (AvgIpc) is 2.99. The number of rotatable bonds is 6. The molecule has 0 saturated carbocycles. The van der Waals surface area contributed by atoms with Crippen LogP contribution in [0.15, 0.2) is 43.0 Å². The van der Waals surface area contributed by atoms with Crippen LogP contribution in [0.3, 0.4) is 0 Å². The lowest BCUT2D eigenvalue weighted by Gasteiger charge is -2.16. The van der Waals surface area contributed by atoms with Gasteiger partial charge in [-0.2, -0.15) is 0 Å². The molecular weight excluding hydrogens is 325 g/mol. The summed E-state index contributed by atoms with van der Waals surface area (Å²) >= 11 is 0. The Labute approximate surface area is 136 Å². The summed E-state index contributed by atoms with van der Waals surface area (Å²) in [6.45, 7) is 2.74. The summed E-state index contributed by atoms with van der Waals surface area (Å²) in [6, 6.07) is 4.63. The smallest absolute Gasteiger partial charge is 0.406 e. The minimum atomic E-state index is -4.72. The Morgan fingerprint density at radius 3 is 2.62 bits per heavy atom. The normalized spacial score (nSPS) is 12.5. The summed E-state index contributed by atoms with van der Waals surface area (Å²) in [7, 11) is 0. The van der Waals surface area contributed by atoms with Crippen molar-refractivity contribution >= 4 is 6.03 Å². The zero-order valence-corrected chi connectivity index (χ0v) is 12.9. The van der Waals surface area contributed by atoms with Crippen LogP contribution in [-0.4, -0.2) is 28.5 Å². The molecule has 1 aromatic heterocycles. The third-order valence-corrected chi connectivity index (χ3v) is 3.18. The monoisotopic (exact) mass is 342 g/mol. The van der Waals surface area contributed by atoms with Gasteiger partial charge in [-0.3, -0.25) is 0 Å². The maximum Gasteiger partial charge on any atom is 0.573 e. The summed E-state index contributed by atoms with van der Waals surface area (Å²) in [4.78, 5) is 15.7. The van der Waals surface area contributed by atoms with Gasteiger partial charge < -0.3 is 19.9 Å². The van der Waals surface area contributed by atoms with Crippen LogP contribution >= 0.6 is 0 Å². The molecule has 0 bridgehead atoms. The number of carbonyl (C=O) groups excluding carboxylic acids is 1. The zero-order valence-electron chi connectivity index (χ0n) is 12.9. The number of amides is 2. The van der Waals surface area contributed by atoms with Gasteiger partial charge in [-0.1, -0.05) is 12.1 Å². The number of benzene rings is 1. The fourth-order valence-electron chi connectivity index (χ4n) is 2.01. The van der Waals surface area contributed by atoms with Crippen molar-refractivity contribution in [1.29, 1.82) is 0 Å². The Morgan fingerprint density at radius 1 is 1.33 bits per heavy atom. The SMILES string of the molecule is C[C@@H](NC(=O)NCCn1ccnc1)c1ccc(OC(F)(F)F)cc1. The highest BCUT2D eigenvalue weighted by atomic mass is 19.4. The van der Waals surface area contributed by atoms with Crippen molar-refractivity contribution in [3.63, 3.8) is 0 Å². The van der Waals surface area contributed by atoms with Gasteiger partial charge in [0, 0.05) is 25.5 Å². The topological polar surface area (TPSA) is 68.2 Å². The van der Waals surface area contributed by atoms with Crippen LogP contribution in [0.5, 0.6) is 5.75 Å². The Bertz CT molecular complexity index is 642. The number of aromatic nitrogens is 2. The quantitative estimate of drug-likeness (QED) is 0.848. The second kappa shape index (κ2) is 7.71. The molecule has 0 aliphatic carbocycles. The van der Waals surface area contributed by atoms with Gasteiger partial charge in [-0.15, -0.1) is 13.2 Å². The molecule has 9 heteroatoms. The van der Waals surface area contributed by atoms with Crippen LogP contribution in [0.1, 0.15) is 18.5 Å². The highest BCUT2D eigenvalue weighted by Gasteiger charge is 2.31. The minimum Gasteiger partial charge on any atom is -0.406 e. The van der Waals surface area contributed by atoms with E-state index in [9.17, 15) is 18.0 Å². The summed E-state index contributed by atoms with van der Waals surface area (Å²) in [5.41, 5.74) is 0.661. The van der Waals surface area contributed by atoms with E-state index in [-0.39, 0.29) is 17.8 Å². The zero-order chi connectivity index (χ0) is 17.6. The van der Waals surface area contributed by atoms with Gasteiger partial charge in [0.05, 0.1) is 12.4 Å². The van der Waals surface area contributed by atoms with E-state index in [0.717, 1.165) is 0 Å². The first-order valence-electron chi connectivity index (χ1n) is 7.19. The lowest BCUT2D eigenvalue weighted by molar-refractivity contribution is -0.274. The molecule has 1 atom stereocenters. The molecule has 0 spiro atoms. The largest absolute Gasteiger partial charge is 0.573 e. The molecule has 0 aliphatic heterocycles. The molecule has 2 rings (SSSR count). The molecule has 0 unspecified atom stereocenters. The fraction of sp³-hybridized carbons (Fsp3) is 0.333. The van der Waals surface area contributed by atoms with Crippen molar-refractivity contribution in [2.45, 2.75) is 25.9 Å². The molecule has 2 aromatic rings. The highest BCUT2D eigenvalue weighted by Crippen LogP contribution is 2.24. The van der Waals surface area contributed by atoms with Crippen molar-refractivity contribution in [3.8, 4) is 5.75 Å². The van der Waals surface area contributed by atoms with Gasteiger partial charge in [0.1, 0.15) is 5.75 Å². The number of nitrogens with zero attached hydrogens (tertiary/aromatic N) is 2. The molecule has 0 radical (unpaired) electrons. The molecule has 2 N–H and O–H groups in total. The highest BCUT2D eigenvalue weighted by molar-refractivity contribution is 5.74. The molecule has 130 valence electrons. The summed E-state index contributed by atoms with van der Waals surface area (Å²) in [5.74, 6) is -0.303. The summed E-state index contributed by atoms with van der Waals surface area (Å²) < 4.78 is 41.9. The Kier molecular flexibility index (Phi) is 5.67. The molecule has 0 aliphatic rings. The first-order valence-corrected chi connectivity index (χ1v) is 7.19. The van der Waals surface area contributed by atoms with E-state index in [0.29, 0.717) is 18.7 Å². The molecule has 2 amide bonds. The van der Waals surface area contributed by atoms with Crippen LogP contribution in [-0.2, 0) is 6.54 Å². The minimum absolute atomic E-state index is 0.303. The molecule has 0 saturated heterocycles. The number of alkyl halides is 3. The van der Waals surface area contributed by atoms with Gasteiger partial charge in [-0.25, -0.2) is 9.78 Å². The number of halogens is 3. The number of hydrogen-bond donors (Lipinski definition) is 2. The van der Waals surface area contributed by atoms with E-state index in [1.165, 1.54) is 24.3 Å². The van der Waals surface area contributed by atoms with Crippen LogP contribution in [0.25, 0.3) is 0 Å². The van der Waals surface area contributed by atoms with Crippen molar-refractivity contribution in [3.05, 3.63) is 48.5 Å². The van der Waals surface area contributed by atoms with Crippen LogP contribution in [0, 0.1) is 0 Å². The van der Waals surface area contributed by atoms with Gasteiger partial charge in [-0.05, 0) is 24.6 Å². The summed E-state index contributed by atoms with van der Waals surface area (Å²) in [5, 5.41) is 5.40. The third-order valence-electron chi connectivity index (χ3n) is 3.18. The van der Waals surface area contributed by atoms with Crippen LogP contribution in [0.4, 0.5) is 18.0 Å². The first-order chi connectivity index (χ1) is 11.3. The number of hydrogen-bond acceptors (Lipinski definition) is 3. The standard InChI is InChI=1S/C15H17F3N4O2/c1-11(12-2-4-13(5-3-12)24-15(16,17)18)21-14(23)20-7-9-22-8-6-19-10-22/h2-6,8,10-11H,7,9H2,1H3,(H2,20,21,23)/t11-/m1/s1. The Hall–Kier alpha value is -2.71. The van der Waals surface area contributed by atoms with E-state index in [1.54, 1.807) is 25.6 Å². The molecule has 0 fully saturated rings. The molecule has 1 heterocycles. The lowest BCUT2D eigenvalue weighted by atomic mass is 10.1. The van der Waals surface area contributed by atoms with E-state index < -0.39 is 6.36 Å². The first kappa shape index (κ1) is 17.6. The number of ether oxygens (including phenoxy) is 1. The summed E-state index contributed by atoms with van der Waals surface area (Å²) in [6.07, 6.45) is 0.356. The predicted molar refractivity (Wildman–Crippen MR) is 80.3 cm³/mol. The predicted octanol–water partition coefficient (Wildman–Crippen LogP) is 2.84. The lowest BCUT2D eigenvalue weighted by Crippen LogP contribution is -2.38. The van der Waals surface area contributed by atoms with Crippen LogP contribution in [0.2, 0.25) is 0 Å². The van der Waals surface area contributed by atoms with E-state index in [1.807, 2.05) is 4.57 Å². The van der Waals surface area contributed by atoms with Crippen molar-refractivity contribution < 1.29 is 22.7 Å². The van der Waals surface area contributed by atoms with Gasteiger partial charge in [0.25, 0.3) is 0 Å². The third kappa shape index (κ3) is 5.82. The Morgan fingerprint density at radius 2 is 2.04 bits per heavy atom. The van der Waals surface area contributed by atoms with Gasteiger partial charge in [0.15, 0.2) is 0 Å². The van der Waals surface area contributed by atoms with E-state index in [4.69, 9.17) is 0 Å². The van der Waals surface area contributed by atoms with Crippen molar-refractivity contribution in [2.75, 3.05) is 6.54 Å². The number of imidazole rings is 1. The van der Waals surface area contributed by atoms with E-state index >= 15 is 0 Å². The number of urea groups is 1. The fourth-order valence-corrected chi connectivity index (χ4v) is 2.01. The molecule has 24 heavy (non-hydrogen) atoms. The van der Waals surface area contributed by atoms with Crippen LogP contribution < -0.4 is 15.4 Å². The van der Waals surface area contributed by atoms with Gasteiger partial charge in [0.2, 0.25) is 0 Å². The average molecular weight is 342 g/mol. The molecular formula is C15H17F3N4O2. The van der Waals surface area contributed by atoms with Crippen molar-refractivity contribution in [1.82, 2.24) is 20.2 Å². The molecule has 6 nitrogen and oxygen atoms in total. The Balaban J connectivity index is 1.78. The number of carbonyl (C=O) groups is 1. The number of nitrogens with one attached hydrogen (secondary N) is 2. The second-order valence-electron chi connectivity index (χ2n) is 5.04. The second-order valence-corrected chi connectivity index (χ2v) is 5.04. The van der Waals surface area contributed by atoms with E-state index in [2.05, 4.69) is 20.4 Å². The maximum atomic E-state index is 12.1. The van der Waals surface area contributed by atoms with Gasteiger partial charge >= 0.3 is 12.4 Å². The maximum absolute atomic E-state index is 12.1.